The molecule has 4 N–H and O–H groups in total. The molecule has 76 valence electrons. The molecule has 1 unspecified atom stereocenters. The third-order valence-corrected chi connectivity index (χ3v) is 2.97. The fourth-order valence-corrected chi connectivity index (χ4v) is 1.97. The summed E-state index contributed by atoms with van der Waals surface area (Å²) in [6, 6.07) is -0.116. The van der Waals surface area contributed by atoms with E-state index in [1.165, 1.54) is 0 Å². The number of hydrogen-bond donors (Lipinski definition) is 3. The van der Waals surface area contributed by atoms with Crippen LogP contribution in [0.4, 0.5) is 0 Å². The van der Waals surface area contributed by atoms with Gasteiger partial charge >= 0.3 is 5.97 Å². The molecule has 0 aliphatic heterocycles. The molecule has 0 aromatic heterocycles. The van der Waals surface area contributed by atoms with Crippen molar-refractivity contribution in [2.45, 2.75) is 37.8 Å². The van der Waals surface area contributed by atoms with E-state index < -0.39 is 12.0 Å². The number of nitrogens with one attached hydrogen (secondary N) is 1. The van der Waals surface area contributed by atoms with E-state index in [2.05, 4.69) is 5.32 Å². The van der Waals surface area contributed by atoms with Crippen LogP contribution in [-0.4, -0.2) is 30.2 Å². The Morgan fingerprint density at radius 3 is 2.38 bits per heavy atom. The van der Waals surface area contributed by atoms with Gasteiger partial charge in [-0.2, -0.15) is 0 Å². The molecule has 4 heteroatoms. The summed E-state index contributed by atoms with van der Waals surface area (Å²) in [7, 11) is 1.95. The van der Waals surface area contributed by atoms with E-state index >= 15 is 0 Å². The van der Waals surface area contributed by atoms with Crippen LogP contribution in [0.5, 0.6) is 0 Å². The van der Waals surface area contributed by atoms with Crippen LogP contribution >= 0.6 is 0 Å². The SMILES string of the molecule is CN[C@H]1CC[C@H](C(N)C(=O)O)CC1. The summed E-state index contributed by atoms with van der Waals surface area (Å²) in [5.74, 6) is -0.699. The molecule has 0 bridgehead atoms. The molecular formula is C9H18N2O2. The zero-order valence-electron chi connectivity index (χ0n) is 7.99. The lowest BCUT2D eigenvalue weighted by Gasteiger charge is -2.30. The van der Waals surface area contributed by atoms with Gasteiger partial charge in [-0.1, -0.05) is 0 Å². The van der Waals surface area contributed by atoms with Gasteiger partial charge < -0.3 is 16.2 Å². The van der Waals surface area contributed by atoms with E-state index in [0.717, 1.165) is 25.7 Å². The van der Waals surface area contributed by atoms with Crippen molar-refractivity contribution in [3.8, 4) is 0 Å². The molecule has 0 spiro atoms. The molecule has 0 aromatic rings. The summed E-state index contributed by atoms with van der Waals surface area (Å²) >= 11 is 0. The van der Waals surface area contributed by atoms with Crippen LogP contribution in [0.2, 0.25) is 0 Å². The van der Waals surface area contributed by atoms with Crippen LogP contribution in [0.15, 0.2) is 0 Å². The topological polar surface area (TPSA) is 75.3 Å². The Balaban J connectivity index is 2.36. The maximum Gasteiger partial charge on any atom is 0.320 e. The van der Waals surface area contributed by atoms with E-state index in [4.69, 9.17) is 10.8 Å². The predicted molar refractivity (Wildman–Crippen MR) is 50.4 cm³/mol. The molecule has 13 heavy (non-hydrogen) atoms. The zero-order chi connectivity index (χ0) is 9.84. The van der Waals surface area contributed by atoms with Gasteiger partial charge in [0.1, 0.15) is 6.04 Å². The van der Waals surface area contributed by atoms with Crippen LogP contribution in [0.25, 0.3) is 0 Å². The van der Waals surface area contributed by atoms with Crippen molar-refractivity contribution in [1.29, 1.82) is 0 Å². The number of carboxylic acid groups (broad SMARTS) is 1. The fourth-order valence-electron chi connectivity index (χ4n) is 1.97. The summed E-state index contributed by atoms with van der Waals surface area (Å²) in [5.41, 5.74) is 5.56. The maximum atomic E-state index is 10.6. The molecule has 0 heterocycles. The highest BCUT2D eigenvalue weighted by Crippen LogP contribution is 2.26. The third-order valence-electron chi connectivity index (χ3n) is 2.97. The Kier molecular flexibility index (Phi) is 3.69. The number of hydrogen-bond acceptors (Lipinski definition) is 3. The average molecular weight is 186 g/mol. The largest absolute Gasteiger partial charge is 0.480 e. The first-order chi connectivity index (χ1) is 6.15. The molecule has 1 rings (SSSR count). The summed E-state index contributed by atoms with van der Waals surface area (Å²) < 4.78 is 0. The Morgan fingerprint density at radius 2 is 2.00 bits per heavy atom. The van der Waals surface area contributed by atoms with Gasteiger partial charge in [-0.15, -0.1) is 0 Å². The fraction of sp³-hybridized carbons (Fsp3) is 0.889. The highest BCUT2D eigenvalue weighted by atomic mass is 16.4. The number of rotatable bonds is 3. The summed E-state index contributed by atoms with van der Waals surface area (Å²) in [4.78, 5) is 10.6. The van der Waals surface area contributed by atoms with E-state index in [0.29, 0.717) is 6.04 Å². The Morgan fingerprint density at radius 1 is 1.46 bits per heavy atom. The van der Waals surface area contributed by atoms with Gasteiger partial charge in [-0.25, -0.2) is 0 Å². The van der Waals surface area contributed by atoms with Crippen molar-refractivity contribution in [1.82, 2.24) is 5.32 Å². The van der Waals surface area contributed by atoms with Crippen molar-refractivity contribution >= 4 is 5.97 Å². The normalized spacial score (nSPS) is 31.2. The second-order valence-electron chi connectivity index (χ2n) is 3.76. The average Bonchev–Trinajstić information content (AvgIpc) is 2.17. The van der Waals surface area contributed by atoms with Gasteiger partial charge in [0.15, 0.2) is 0 Å². The van der Waals surface area contributed by atoms with Crippen LogP contribution in [0, 0.1) is 5.92 Å². The first kappa shape index (κ1) is 10.5. The van der Waals surface area contributed by atoms with Crippen LogP contribution in [0.3, 0.4) is 0 Å². The van der Waals surface area contributed by atoms with E-state index in [-0.39, 0.29) is 5.92 Å². The lowest BCUT2D eigenvalue weighted by molar-refractivity contribution is -0.140. The van der Waals surface area contributed by atoms with Crippen molar-refractivity contribution in [3.05, 3.63) is 0 Å². The number of carbonyl (C=O) groups is 1. The molecular weight excluding hydrogens is 168 g/mol. The minimum atomic E-state index is -0.868. The molecule has 1 atom stereocenters. The molecule has 0 amide bonds. The van der Waals surface area contributed by atoms with Gasteiger partial charge in [-0.05, 0) is 38.6 Å². The van der Waals surface area contributed by atoms with Gasteiger partial charge in [0, 0.05) is 6.04 Å². The summed E-state index contributed by atoms with van der Waals surface area (Å²) in [6.07, 6.45) is 3.95. The first-order valence-electron chi connectivity index (χ1n) is 4.80. The van der Waals surface area contributed by atoms with Crippen LogP contribution < -0.4 is 11.1 Å². The van der Waals surface area contributed by atoms with Crippen molar-refractivity contribution in [2.75, 3.05) is 7.05 Å². The van der Waals surface area contributed by atoms with Crippen LogP contribution in [-0.2, 0) is 4.79 Å². The van der Waals surface area contributed by atoms with Gasteiger partial charge in [0.25, 0.3) is 0 Å². The highest BCUT2D eigenvalue weighted by molar-refractivity contribution is 5.73. The lowest BCUT2D eigenvalue weighted by atomic mass is 9.82. The van der Waals surface area contributed by atoms with Gasteiger partial charge in [-0.3, -0.25) is 4.79 Å². The quantitative estimate of drug-likeness (QED) is 0.587. The van der Waals surface area contributed by atoms with E-state index in [9.17, 15) is 4.79 Å². The van der Waals surface area contributed by atoms with Gasteiger partial charge in [0.2, 0.25) is 0 Å². The number of aliphatic carboxylic acids is 1. The lowest BCUT2D eigenvalue weighted by Crippen LogP contribution is -2.42. The minimum absolute atomic E-state index is 0.169. The maximum absolute atomic E-state index is 10.6. The monoisotopic (exact) mass is 186 g/mol. The second-order valence-corrected chi connectivity index (χ2v) is 3.76. The first-order valence-corrected chi connectivity index (χ1v) is 4.80. The Labute approximate surface area is 78.5 Å². The highest BCUT2D eigenvalue weighted by Gasteiger charge is 2.28. The van der Waals surface area contributed by atoms with Gasteiger partial charge in [0.05, 0.1) is 0 Å². The Bertz CT molecular complexity index is 176. The second kappa shape index (κ2) is 4.58. The summed E-state index contributed by atoms with van der Waals surface area (Å²) in [5, 5.41) is 11.9. The molecule has 0 saturated heterocycles. The summed E-state index contributed by atoms with van der Waals surface area (Å²) in [6.45, 7) is 0. The van der Waals surface area contributed by atoms with Crippen molar-refractivity contribution in [2.24, 2.45) is 11.7 Å². The molecule has 1 fully saturated rings. The van der Waals surface area contributed by atoms with Crippen molar-refractivity contribution in [3.63, 3.8) is 0 Å². The minimum Gasteiger partial charge on any atom is -0.480 e. The Hall–Kier alpha value is -0.610. The number of nitrogens with two attached hydrogens (primary N) is 1. The number of carboxylic acids is 1. The van der Waals surface area contributed by atoms with E-state index in [1.807, 2.05) is 7.05 Å². The zero-order valence-corrected chi connectivity index (χ0v) is 7.99. The van der Waals surface area contributed by atoms with Crippen molar-refractivity contribution < 1.29 is 9.90 Å². The molecule has 1 aliphatic rings. The standard InChI is InChI=1S/C9H18N2O2/c1-11-7-4-2-6(3-5-7)8(10)9(12)13/h6-8,11H,2-5,10H2,1H3,(H,12,13)/t6-,7-,8?. The molecule has 0 aromatic carbocycles. The third kappa shape index (κ3) is 2.67. The molecule has 4 nitrogen and oxygen atoms in total. The molecule has 1 saturated carbocycles. The predicted octanol–water partition coefficient (Wildman–Crippen LogP) is 0.177. The molecule has 1 aliphatic carbocycles. The molecule has 0 radical (unpaired) electrons. The van der Waals surface area contributed by atoms with E-state index in [1.54, 1.807) is 0 Å². The van der Waals surface area contributed by atoms with Crippen LogP contribution in [0.1, 0.15) is 25.7 Å². The smallest absolute Gasteiger partial charge is 0.320 e.